The molecule has 0 aliphatic carbocycles. The maximum absolute atomic E-state index is 11.4. The zero-order chi connectivity index (χ0) is 18.1. The molecule has 0 atom stereocenters. The summed E-state index contributed by atoms with van der Waals surface area (Å²) in [5.74, 6) is 1.30. The Bertz CT molecular complexity index is 979. The third kappa shape index (κ3) is 2.86. The van der Waals surface area contributed by atoms with Crippen molar-refractivity contribution < 1.29 is 4.92 Å². The van der Waals surface area contributed by atoms with Gasteiger partial charge in [0, 0.05) is 25.1 Å². The van der Waals surface area contributed by atoms with Crippen LogP contribution < -0.4 is 4.90 Å². The van der Waals surface area contributed by atoms with Crippen LogP contribution in [0.3, 0.4) is 0 Å². The second kappa shape index (κ2) is 6.48. The molecular weight excluding hydrogens is 330 g/mol. The standard InChI is InChI=1S/C19H17N5O2/c20-12-13-5-6-17(18(11-13)24(25)26)23-9-7-14(8-10-23)19-21-15-3-1-2-4-16(15)22-19/h1-6,11,14H,7-10H2,(H,21,22). The number of rotatable bonds is 3. The molecule has 0 spiro atoms. The van der Waals surface area contributed by atoms with Gasteiger partial charge in [-0.1, -0.05) is 12.1 Å². The molecule has 0 bridgehead atoms. The van der Waals surface area contributed by atoms with Gasteiger partial charge in [-0.3, -0.25) is 10.1 Å². The van der Waals surface area contributed by atoms with Gasteiger partial charge in [0.05, 0.1) is 27.6 Å². The van der Waals surface area contributed by atoms with Crippen LogP contribution in [0.2, 0.25) is 0 Å². The quantitative estimate of drug-likeness (QED) is 0.575. The average molecular weight is 347 g/mol. The predicted molar refractivity (Wildman–Crippen MR) is 98.1 cm³/mol. The van der Waals surface area contributed by atoms with E-state index in [1.54, 1.807) is 12.1 Å². The minimum Gasteiger partial charge on any atom is -0.366 e. The highest BCUT2D eigenvalue weighted by atomic mass is 16.6. The number of benzene rings is 2. The van der Waals surface area contributed by atoms with Crippen LogP contribution in [-0.2, 0) is 0 Å². The molecule has 0 amide bonds. The van der Waals surface area contributed by atoms with Crippen LogP contribution in [0.4, 0.5) is 11.4 Å². The third-order valence-electron chi connectivity index (χ3n) is 4.93. The van der Waals surface area contributed by atoms with E-state index in [0.29, 0.717) is 30.3 Å². The van der Waals surface area contributed by atoms with E-state index >= 15 is 0 Å². The Balaban J connectivity index is 1.53. The Morgan fingerprint density at radius 1 is 1.23 bits per heavy atom. The summed E-state index contributed by atoms with van der Waals surface area (Å²) in [5, 5.41) is 20.3. The smallest absolute Gasteiger partial charge is 0.293 e. The van der Waals surface area contributed by atoms with Gasteiger partial charge in [0.2, 0.25) is 0 Å². The second-order valence-electron chi connectivity index (χ2n) is 6.47. The summed E-state index contributed by atoms with van der Waals surface area (Å²) in [7, 11) is 0. The molecule has 0 radical (unpaired) electrons. The van der Waals surface area contributed by atoms with E-state index in [0.717, 1.165) is 29.7 Å². The fraction of sp³-hybridized carbons (Fsp3) is 0.263. The van der Waals surface area contributed by atoms with Gasteiger partial charge in [0.1, 0.15) is 11.5 Å². The van der Waals surface area contributed by atoms with Crippen molar-refractivity contribution in [3.63, 3.8) is 0 Å². The summed E-state index contributed by atoms with van der Waals surface area (Å²) < 4.78 is 0. The zero-order valence-corrected chi connectivity index (χ0v) is 14.1. The van der Waals surface area contributed by atoms with Crippen LogP contribution in [0.15, 0.2) is 42.5 Å². The van der Waals surface area contributed by atoms with Gasteiger partial charge >= 0.3 is 0 Å². The summed E-state index contributed by atoms with van der Waals surface area (Å²) >= 11 is 0. The zero-order valence-electron chi connectivity index (χ0n) is 14.1. The van der Waals surface area contributed by atoms with Crippen LogP contribution in [0.5, 0.6) is 0 Å². The largest absolute Gasteiger partial charge is 0.366 e. The fourth-order valence-corrected chi connectivity index (χ4v) is 3.57. The van der Waals surface area contributed by atoms with Crippen LogP contribution in [0.1, 0.15) is 30.1 Å². The third-order valence-corrected chi connectivity index (χ3v) is 4.93. The topological polar surface area (TPSA) is 98.8 Å². The highest BCUT2D eigenvalue weighted by molar-refractivity contribution is 5.74. The first-order chi connectivity index (χ1) is 12.7. The van der Waals surface area contributed by atoms with E-state index in [-0.39, 0.29) is 5.69 Å². The number of anilines is 1. The molecule has 3 aromatic rings. The average Bonchev–Trinajstić information content (AvgIpc) is 3.12. The Labute approximate surface area is 150 Å². The Kier molecular flexibility index (Phi) is 4.01. The van der Waals surface area contributed by atoms with Crippen molar-refractivity contribution in [2.75, 3.05) is 18.0 Å². The van der Waals surface area contributed by atoms with Gasteiger partial charge in [-0.25, -0.2) is 4.98 Å². The Morgan fingerprint density at radius 2 is 2.00 bits per heavy atom. The maximum atomic E-state index is 11.4. The first kappa shape index (κ1) is 16.1. The number of hydrogen-bond donors (Lipinski definition) is 1. The van der Waals surface area contributed by atoms with Crippen LogP contribution in [0, 0.1) is 21.4 Å². The molecule has 1 fully saturated rings. The molecule has 130 valence electrons. The molecule has 4 rings (SSSR count). The number of nitro benzene ring substituents is 1. The molecule has 0 unspecified atom stereocenters. The molecule has 2 heterocycles. The molecule has 1 aliphatic heterocycles. The van der Waals surface area contributed by atoms with Crippen LogP contribution in [0.25, 0.3) is 11.0 Å². The number of hydrogen-bond acceptors (Lipinski definition) is 5. The lowest BCUT2D eigenvalue weighted by molar-refractivity contribution is -0.384. The normalized spacial score (nSPS) is 15.1. The van der Waals surface area contributed by atoms with E-state index in [1.165, 1.54) is 6.07 Å². The van der Waals surface area contributed by atoms with Crippen LogP contribution >= 0.6 is 0 Å². The number of para-hydroxylation sites is 2. The fourth-order valence-electron chi connectivity index (χ4n) is 3.57. The number of imidazole rings is 1. The number of fused-ring (bicyclic) bond motifs is 1. The van der Waals surface area contributed by atoms with Gasteiger partial charge in [0.25, 0.3) is 5.69 Å². The second-order valence-corrected chi connectivity index (χ2v) is 6.47. The minimum atomic E-state index is -0.415. The minimum absolute atomic E-state index is 0.00811. The molecule has 1 aliphatic rings. The Morgan fingerprint density at radius 3 is 2.69 bits per heavy atom. The number of nitrogens with zero attached hydrogens (tertiary/aromatic N) is 4. The van der Waals surface area contributed by atoms with Crippen molar-refractivity contribution in [3.8, 4) is 6.07 Å². The SMILES string of the molecule is N#Cc1ccc(N2CCC(c3nc4ccccc4[nH]3)CC2)c([N+](=O)[O-])c1. The molecule has 26 heavy (non-hydrogen) atoms. The predicted octanol–water partition coefficient (Wildman–Crippen LogP) is 3.73. The van der Waals surface area contributed by atoms with Crippen LogP contribution in [-0.4, -0.2) is 28.0 Å². The van der Waals surface area contributed by atoms with Crippen molar-refractivity contribution in [3.05, 3.63) is 64.0 Å². The van der Waals surface area contributed by atoms with Gasteiger partial charge in [-0.05, 0) is 37.1 Å². The molecule has 1 N–H and O–H groups in total. The van der Waals surface area contributed by atoms with Crippen molar-refractivity contribution in [2.45, 2.75) is 18.8 Å². The maximum Gasteiger partial charge on any atom is 0.293 e. The van der Waals surface area contributed by atoms with Crippen molar-refractivity contribution in [1.82, 2.24) is 9.97 Å². The highest BCUT2D eigenvalue weighted by Crippen LogP contribution is 2.34. The summed E-state index contributed by atoms with van der Waals surface area (Å²) in [4.78, 5) is 21.1. The van der Waals surface area contributed by atoms with Crippen molar-refractivity contribution in [1.29, 1.82) is 5.26 Å². The summed E-state index contributed by atoms with van der Waals surface area (Å²) in [6.45, 7) is 1.43. The van der Waals surface area contributed by atoms with E-state index in [2.05, 4.69) is 9.97 Å². The lowest BCUT2D eigenvalue weighted by Crippen LogP contribution is -2.33. The molecule has 7 heteroatoms. The lowest BCUT2D eigenvalue weighted by Gasteiger charge is -2.32. The summed E-state index contributed by atoms with van der Waals surface area (Å²) in [6.07, 6.45) is 1.74. The van der Waals surface area contributed by atoms with E-state index in [4.69, 9.17) is 5.26 Å². The number of H-pyrrole nitrogens is 1. The Hall–Kier alpha value is -3.40. The molecule has 2 aromatic carbocycles. The molecular formula is C19H17N5O2. The number of piperidine rings is 1. The molecule has 1 saturated heterocycles. The van der Waals surface area contributed by atoms with Crippen molar-refractivity contribution >= 4 is 22.4 Å². The summed E-state index contributed by atoms with van der Waals surface area (Å²) in [5.41, 5.74) is 2.88. The number of aromatic amines is 1. The molecule has 7 nitrogen and oxygen atoms in total. The first-order valence-corrected chi connectivity index (χ1v) is 8.54. The van der Waals surface area contributed by atoms with Gasteiger partial charge in [0.15, 0.2) is 0 Å². The van der Waals surface area contributed by atoms with Gasteiger partial charge in [-0.15, -0.1) is 0 Å². The van der Waals surface area contributed by atoms with E-state index in [1.807, 2.05) is 35.2 Å². The first-order valence-electron chi connectivity index (χ1n) is 8.54. The summed E-state index contributed by atoms with van der Waals surface area (Å²) in [6, 6.07) is 14.6. The van der Waals surface area contributed by atoms with Gasteiger partial charge < -0.3 is 9.88 Å². The number of nitrogens with one attached hydrogen (secondary N) is 1. The molecule has 1 aromatic heterocycles. The molecule has 0 saturated carbocycles. The monoisotopic (exact) mass is 347 g/mol. The van der Waals surface area contributed by atoms with Crippen molar-refractivity contribution in [2.24, 2.45) is 0 Å². The lowest BCUT2D eigenvalue weighted by atomic mass is 9.95. The van der Waals surface area contributed by atoms with Gasteiger partial charge in [-0.2, -0.15) is 5.26 Å². The van der Waals surface area contributed by atoms with E-state index in [9.17, 15) is 10.1 Å². The number of nitriles is 1. The number of aromatic nitrogens is 2. The highest BCUT2D eigenvalue weighted by Gasteiger charge is 2.27. The van der Waals surface area contributed by atoms with E-state index < -0.39 is 4.92 Å². The number of nitro groups is 1.